The van der Waals surface area contributed by atoms with Crippen LogP contribution in [0.25, 0.3) is 0 Å². The number of nitrogens with zero attached hydrogens (tertiary/aromatic N) is 1. The van der Waals surface area contributed by atoms with Crippen LogP contribution in [-0.2, 0) is 17.9 Å². The van der Waals surface area contributed by atoms with Crippen LogP contribution < -0.4 is 5.32 Å². The summed E-state index contributed by atoms with van der Waals surface area (Å²) in [5, 5.41) is 6.48. The number of carbonyl (C=O) groups excluding carboxylic acids is 1. The minimum Gasteiger partial charge on any atom is -0.374 e. The molecular weight excluding hydrogens is 268 g/mol. The van der Waals surface area contributed by atoms with Crippen LogP contribution in [0.4, 0.5) is 0 Å². The third kappa shape index (κ3) is 4.72. The maximum Gasteiger partial charge on any atom is 0.290 e. The Hall–Kier alpha value is -2.14. The number of carbonyl (C=O) groups is 1. The number of aryl methyl sites for hydroxylation is 1. The average Bonchev–Trinajstić information content (AvgIpc) is 2.90. The molecule has 112 valence electrons. The topological polar surface area (TPSA) is 64.4 Å². The van der Waals surface area contributed by atoms with Gasteiger partial charge in [-0.3, -0.25) is 4.79 Å². The fraction of sp³-hybridized carbons (Fsp3) is 0.375. The number of ether oxygens (including phenoxy) is 1. The smallest absolute Gasteiger partial charge is 0.290 e. The molecule has 2 aromatic rings. The Morgan fingerprint density at radius 1 is 1.29 bits per heavy atom. The molecule has 1 heterocycles. The molecule has 5 nitrogen and oxygen atoms in total. The third-order valence-corrected chi connectivity index (χ3v) is 2.91. The second-order valence-corrected chi connectivity index (χ2v) is 5.19. The van der Waals surface area contributed by atoms with Crippen LogP contribution in [0.5, 0.6) is 0 Å². The molecule has 0 unspecified atom stereocenters. The van der Waals surface area contributed by atoms with Gasteiger partial charge in [-0.2, -0.15) is 0 Å². The first-order valence-electron chi connectivity index (χ1n) is 6.95. The van der Waals surface area contributed by atoms with Crippen LogP contribution in [0, 0.1) is 6.92 Å². The lowest BCUT2D eigenvalue weighted by molar-refractivity contribution is 0.0657. The molecule has 21 heavy (non-hydrogen) atoms. The molecule has 0 fully saturated rings. The van der Waals surface area contributed by atoms with Crippen LogP contribution >= 0.6 is 0 Å². The van der Waals surface area contributed by atoms with Crippen LogP contribution in [0.2, 0.25) is 0 Å². The molecule has 0 aliphatic rings. The summed E-state index contributed by atoms with van der Waals surface area (Å²) in [6.45, 7) is 6.84. The molecule has 0 radical (unpaired) electrons. The van der Waals surface area contributed by atoms with Crippen LogP contribution in [0.3, 0.4) is 0 Å². The molecule has 1 aromatic carbocycles. The highest BCUT2D eigenvalue weighted by Gasteiger charge is 2.10. The van der Waals surface area contributed by atoms with Gasteiger partial charge in [0.25, 0.3) is 5.91 Å². The predicted molar refractivity (Wildman–Crippen MR) is 78.8 cm³/mol. The van der Waals surface area contributed by atoms with Gasteiger partial charge >= 0.3 is 0 Å². The first-order valence-corrected chi connectivity index (χ1v) is 6.95. The van der Waals surface area contributed by atoms with Crippen molar-refractivity contribution in [1.29, 1.82) is 0 Å². The molecule has 1 amide bonds. The van der Waals surface area contributed by atoms with E-state index >= 15 is 0 Å². The van der Waals surface area contributed by atoms with Gasteiger partial charge in [-0.1, -0.05) is 29.4 Å². The summed E-state index contributed by atoms with van der Waals surface area (Å²) < 4.78 is 10.4. The highest BCUT2D eigenvalue weighted by atomic mass is 16.5. The lowest BCUT2D eigenvalue weighted by Crippen LogP contribution is -2.22. The lowest BCUT2D eigenvalue weighted by atomic mass is 10.1. The molecule has 5 heteroatoms. The van der Waals surface area contributed by atoms with Gasteiger partial charge in [-0.05, 0) is 31.9 Å². The number of aromatic nitrogens is 1. The van der Waals surface area contributed by atoms with E-state index in [0.717, 1.165) is 11.1 Å². The van der Waals surface area contributed by atoms with Crippen LogP contribution in [0.15, 0.2) is 34.9 Å². The summed E-state index contributed by atoms with van der Waals surface area (Å²) in [4.78, 5) is 11.8. The Labute approximate surface area is 124 Å². The number of amides is 1. The van der Waals surface area contributed by atoms with Gasteiger partial charge in [-0.15, -0.1) is 0 Å². The number of hydrogen-bond acceptors (Lipinski definition) is 4. The Morgan fingerprint density at radius 2 is 1.95 bits per heavy atom. The normalized spacial score (nSPS) is 10.9. The Bertz CT molecular complexity index is 588. The summed E-state index contributed by atoms with van der Waals surface area (Å²) in [6, 6.07) is 9.57. The van der Waals surface area contributed by atoms with Crippen molar-refractivity contribution in [3.8, 4) is 0 Å². The van der Waals surface area contributed by atoms with E-state index in [1.54, 1.807) is 13.0 Å². The van der Waals surface area contributed by atoms with Gasteiger partial charge in [0.15, 0.2) is 0 Å². The largest absolute Gasteiger partial charge is 0.374 e. The average molecular weight is 288 g/mol. The summed E-state index contributed by atoms with van der Waals surface area (Å²) in [6.07, 6.45) is 0.217. The van der Waals surface area contributed by atoms with E-state index in [-0.39, 0.29) is 17.8 Å². The van der Waals surface area contributed by atoms with E-state index in [0.29, 0.717) is 18.8 Å². The summed E-state index contributed by atoms with van der Waals surface area (Å²) in [5.41, 5.74) is 2.83. The predicted octanol–water partition coefficient (Wildman–Crippen LogP) is 2.84. The van der Waals surface area contributed by atoms with E-state index < -0.39 is 0 Å². The van der Waals surface area contributed by atoms with Crippen molar-refractivity contribution in [3.05, 3.63) is 52.9 Å². The fourth-order valence-corrected chi connectivity index (χ4v) is 1.76. The number of nitrogens with one attached hydrogen (secondary N) is 1. The molecular formula is C16H20N2O3. The maximum atomic E-state index is 11.8. The Kier molecular flexibility index (Phi) is 5.11. The highest BCUT2D eigenvalue weighted by Crippen LogP contribution is 2.08. The second kappa shape index (κ2) is 7.04. The van der Waals surface area contributed by atoms with Crippen molar-refractivity contribution < 1.29 is 14.1 Å². The van der Waals surface area contributed by atoms with Gasteiger partial charge in [0, 0.05) is 12.6 Å². The zero-order chi connectivity index (χ0) is 15.2. The molecule has 0 saturated heterocycles. The van der Waals surface area contributed by atoms with Gasteiger partial charge in [0.2, 0.25) is 5.76 Å². The Morgan fingerprint density at radius 3 is 2.52 bits per heavy atom. The standard InChI is InChI=1S/C16H20N2O3/c1-11(2)20-10-14-6-4-13(5-7-14)9-17-16(19)15-8-12(3)18-21-15/h4-8,11H,9-10H2,1-3H3,(H,17,19). The number of benzene rings is 1. The molecule has 0 aliphatic carbocycles. The molecule has 0 saturated carbocycles. The minimum atomic E-state index is -0.261. The van der Waals surface area contributed by atoms with Gasteiger partial charge in [0.05, 0.1) is 18.4 Å². The highest BCUT2D eigenvalue weighted by molar-refractivity contribution is 5.91. The number of rotatable bonds is 6. The fourth-order valence-electron chi connectivity index (χ4n) is 1.76. The molecule has 1 N–H and O–H groups in total. The van der Waals surface area contributed by atoms with Crippen molar-refractivity contribution in [2.45, 2.75) is 40.0 Å². The molecule has 0 bridgehead atoms. The number of hydrogen-bond donors (Lipinski definition) is 1. The van der Waals surface area contributed by atoms with Crippen molar-refractivity contribution in [3.63, 3.8) is 0 Å². The molecule has 0 aliphatic heterocycles. The third-order valence-electron chi connectivity index (χ3n) is 2.91. The SMILES string of the molecule is Cc1cc(C(=O)NCc2ccc(COC(C)C)cc2)on1. The quantitative estimate of drug-likeness (QED) is 0.887. The summed E-state index contributed by atoms with van der Waals surface area (Å²) in [7, 11) is 0. The van der Waals surface area contributed by atoms with Gasteiger partial charge in [0.1, 0.15) is 0 Å². The first-order chi connectivity index (χ1) is 10.0. The monoisotopic (exact) mass is 288 g/mol. The summed E-state index contributed by atoms with van der Waals surface area (Å²) >= 11 is 0. The van der Waals surface area contributed by atoms with E-state index in [1.807, 2.05) is 38.1 Å². The van der Waals surface area contributed by atoms with E-state index in [4.69, 9.17) is 9.26 Å². The zero-order valence-electron chi connectivity index (χ0n) is 12.6. The Balaban J connectivity index is 1.84. The van der Waals surface area contributed by atoms with E-state index in [9.17, 15) is 4.79 Å². The first kappa shape index (κ1) is 15.3. The molecule has 0 atom stereocenters. The minimum absolute atomic E-state index is 0.217. The van der Waals surface area contributed by atoms with Crippen molar-refractivity contribution in [2.75, 3.05) is 0 Å². The van der Waals surface area contributed by atoms with E-state index in [2.05, 4.69) is 10.5 Å². The van der Waals surface area contributed by atoms with Gasteiger partial charge < -0.3 is 14.6 Å². The van der Waals surface area contributed by atoms with E-state index in [1.165, 1.54) is 0 Å². The molecule has 0 spiro atoms. The van der Waals surface area contributed by atoms with Crippen molar-refractivity contribution in [2.24, 2.45) is 0 Å². The molecule has 1 aromatic heterocycles. The summed E-state index contributed by atoms with van der Waals surface area (Å²) in [5.74, 6) is -0.0303. The van der Waals surface area contributed by atoms with Crippen molar-refractivity contribution in [1.82, 2.24) is 10.5 Å². The van der Waals surface area contributed by atoms with Crippen LogP contribution in [0.1, 0.15) is 41.2 Å². The van der Waals surface area contributed by atoms with Crippen molar-refractivity contribution >= 4 is 5.91 Å². The molecule has 2 rings (SSSR count). The lowest BCUT2D eigenvalue weighted by Gasteiger charge is -2.08. The van der Waals surface area contributed by atoms with Crippen LogP contribution in [-0.4, -0.2) is 17.2 Å². The maximum absolute atomic E-state index is 11.8. The second-order valence-electron chi connectivity index (χ2n) is 5.19. The zero-order valence-corrected chi connectivity index (χ0v) is 12.6. The van der Waals surface area contributed by atoms with Gasteiger partial charge in [-0.25, -0.2) is 0 Å².